The lowest BCUT2D eigenvalue weighted by molar-refractivity contribution is -0.122. The van der Waals surface area contributed by atoms with E-state index in [0.717, 1.165) is 17.7 Å². The third-order valence-electron chi connectivity index (χ3n) is 3.45. The van der Waals surface area contributed by atoms with Gasteiger partial charge in [-0.25, -0.2) is 14.5 Å². The monoisotopic (exact) mass is 316 g/mol. The largest absolute Gasteiger partial charge is 0.488 e. The summed E-state index contributed by atoms with van der Waals surface area (Å²) in [4.78, 5) is 26.9. The van der Waals surface area contributed by atoms with Crippen molar-refractivity contribution in [2.75, 3.05) is 13.7 Å². The van der Waals surface area contributed by atoms with Crippen LogP contribution in [0.1, 0.15) is 16.2 Å². The van der Waals surface area contributed by atoms with Gasteiger partial charge in [0.25, 0.3) is 5.82 Å². The topological polar surface area (TPSA) is 95.3 Å². The number of amides is 1. The first-order valence-corrected chi connectivity index (χ1v) is 7.14. The van der Waals surface area contributed by atoms with Gasteiger partial charge in [0.1, 0.15) is 24.7 Å². The standard InChI is InChI=1S/C15H16N4O4/c1-22-15(21)14-17-9-19(18-14)8-13(20)16-7-11-6-10-4-2-3-5-12(10)23-11/h2-5,9,11H,6-8H2,1H3,(H,16,20)/t11-/m1/s1. The molecule has 1 atom stereocenters. The second-order valence-corrected chi connectivity index (χ2v) is 5.11. The van der Waals surface area contributed by atoms with Crippen LogP contribution in [-0.2, 0) is 22.5 Å². The first-order valence-electron chi connectivity index (χ1n) is 7.14. The molecule has 1 N–H and O–H groups in total. The van der Waals surface area contributed by atoms with Gasteiger partial charge in [0.2, 0.25) is 5.91 Å². The van der Waals surface area contributed by atoms with Crippen LogP contribution in [0.25, 0.3) is 0 Å². The Bertz CT molecular complexity index is 703. The van der Waals surface area contributed by atoms with Gasteiger partial charge in [-0.1, -0.05) is 18.2 Å². The number of carbonyl (C=O) groups is 2. The number of hydrogen-bond acceptors (Lipinski definition) is 6. The number of para-hydroxylation sites is 1. The molecule has 0 bridgehead atoms. The summed E-state index contributed by atoms with van der Waals surface area (Å²) in [6, 6.07) is 7.82. The smallest absolute Gasteiger partial charge is 0.377 e. The minimum Gasteiger partial charge on any atom is -0.488 e. The quantitative estimate of drug-likeness (QED) is 0.791. The highest BCUT2D eigenvalue weighted by Gasteiger charge is 2.22. The van der Waals surface area contributed by atoms with Crippen LogP contribution in [-0.4, -0.2) is 46.4 Å². The van der Waals surface area contributed by atoms with Crippen LogP contribution in [0.15, 0.2) is 30.6 Å². The number of carbonyl (C=O) groups excluding carboxylic acids is 2. The molecule has 1 aromatic carbocycles. The Kier molecular flexibility index (Phi) is 4.22. The summed E-state index contributed by atoms with van der Waals surface area (Å²) in [5.41, 5.74) is 1.14. The van der Waals surface area contributed by atoms with E-state index in [1.807, 2.05) is 24.3 Å². The number of fused-ring (bicyclic) bond motifs is 1. The van der Waals surface area contributed by atoms with E-state index in [4.69, 9.17) is 4.74 Å². The number of methoxy groups -OCH3 is 1. The summed E-state index contributed by atoms with van der Waals surface area (Å²) >= 11 is 0. The molecule has 1 aliphatic heterocycles. The van der Waals surface area contributed by atoms with E-state index >= 15 is 0 Å². The second-order valence-electron chi connectivity index (χ2n) is 5.11. The predicted octanol–water partition coefficient (Wildman–Crippen LogP) is 0.185. The van der Waals surface area contributed by atoms with Crippen LogP contribution in [0.5, 0.6) is 5.75 Å². The SMILES string of the molecule is COC(=O)c1ncn(CC(=O)NC[C@H]2Cc3ccccc3O2)n1. The molecular weight excluding hydrogens is 300 g/mol. The summed E-state index contributed by atoms with van der Waals surface area (Å²) < 4.78 is 11.5. The number of rotatable bonds is 5. The van der Waals surface area contributed by atoms with Gasteiger partial charge in [-0.3, -0.25) is 4.79 Å². The molecule has 0 fully saturated rings. The maximum atomic E-state index is 11.9. The van der Waals surface area contributed by atoms with E-state index in [2.05, 4.69) is 20.1 Å². The lowest BCUT2D eigenvalue weighted by Crippen LogP contribution is -2.36. The van der Waals surface area contributed by atoms with E-state index in [9.17, 15) is 9.59 Å². The van der Waals surface area contributed by atoms with Crippen molar-refractivity contribution in [1.29, 1.82) is 0 Å². The molecule has 23 heavy (non-hydrogen) atoms. The Morgan fingerprint density at radius 3 is 3.04 bits per heavy atom. The molecule has 3 rings (SSSR count). The molecule has 8 nitrogen and oxygen atoms in total. The number of esters is 1. The maximum Gasteiger partial charge on any atom is 0.377 e. The molecule has 0 saturated carbocycles. The van der Waals surface area contributed by atoms with Crippen molar-refractivity contribution < 1.29 is 19.1 Å². The van der Waals surface area contributed by atoms with Crippen molar-refractivity contribution in [2.24, 2.45) is 0 Å². The van der Waals surface area contributed by atoms with Crippen molar-refractivity contribution >= 4 is 11.9 Å². The van der Waals surface area contributed by atoms with Crippen LogP contribution in [0, 0.1) is 0 Å². The van der Waals surface area contributed by atoms with Gasteiger partial charge in [-0.2, -0.15) is 0 Å². The molecule has 120 valence electrons. The molecule has 2 aromatic rings. The van der Waals surface area contributed by atoms with Crippen LogP contribution >= 0.6 is 0 Å². The summed E-state index contributed by atoms with van der Waals surface area (Å²) in [7, 11) is 1.25. The highest BCUT2D eigenvalue weighted by molar-refractivity contribution is 5.84. The van der Waals surface area contributed by atoms with Gasteiger partial charge in [-0.05, 0) is 11.6 Å². The first kappa shape index (κ1) is 15.0. The van der Waals surface area contributed by atoms with Crippen LogP contribution in [0.2, 0.25) is 0 Å². The van der Waals surface area contributed by atoms with Crippen molar-refractivity contribution in [2.45, 2.75) is 19.1 Å². The first-order chi connectivity index (χ1) is 11.2. The third kappa shape index (κ3) is 3.47. The van der Waals surface area contributed by atoms with Crippen LogP contribution in [0.3, 0.4) is 0 Å². The molecule has 1 amide bonds. The summed E-state index contributed by atoms with van der Waals surface area (Å²) in [6.45, 7) is 0.385. The Hall–Kier alpha value is -2.90. The summed E-state index contributed by atoms with van der Waals surface area (Å²) in [6.07, 6.45) is 2.01. The lowest BCUT2D eigenvalue weighted by Gasteiger charge is -2.11. The Labute approximate surface area is 132 Å². The van der Waals surface area contributed by atoms with Gasteiger partial charge in [0.05, 0.1) is 13.7 Å². The number of aromatic nitrogens is 3. The zero-order valence-electron chi connectivity index (χ0n) is 12.6. The van der Waals surface area contributed by atoms with E-state index in [1.54, 1.807) is 0 Å². The highest BCUT2D eigenvalue weighted by Crippen LogP contribution is 2.27. The van der Waals surface area contributed by atoms with E-state index in [-0.39, 0.29) is 24.4 Å². The summed E-state index contributed by atoms with van der Waals surface area (Å²) in [5, 5.41) is 6.66. The van der Waals surface area contributed by atoms with E-state index < -0.39 is 5.97 Å². The average molecular weight is 316 g/mol. The van der Waals surface area contributed by atoms with Crippen molar-refractivity contribution in [1.82, 2.24) is 20.1 Å². The fraction of sp³-hybridized carbons (Fsp3) is 0.333. The van der Waals surface area contributed by atoms with Gasteiger partial charge in [0, 0.05) is 6.42 Å². The maximum absolute atomic E-state index is 11.9. The third-order valence-corrected chi connectivity index (χ3v) is 3.45. The Morgan fingerprint density at radius 1 is 1.43 bits per heavy atom. The van der Waals surface area contributed by atoms with Crippen LogP contribution in [0.4, 0.5) is 0 Å². The summed E-state index contributed by atoms with van der Waals surface area (Å²) in [5.74, 6) is -0.0761. The molecule has 1 aromatic heterocycles. The van der Waals surface area contributed by atoms with Crippen molar-refractivity contribution in [3.05, 3.63) is 42.0 Å². The fourth-order valence-corrected chi connectivity index (χ4v) is 2.35. The fourth-order valence-electron chi connectivity index (χ4n) is 2.35. The molecule has 0 aliphatic carbocycles. The molecule has 2 heterocycles. The molecule has 0 saturated heterocycles. The van der Waals surface area contributed by atoms with Crippen LogP contribution < -0.4 is 10.1 Å². The molecule has 0 unspecified atom stereocenters. The van der Waals surface area contributed by atoms with Gasteiger partial charge in [0.15, 0.2) is 0 Å². The molecule has 8 heteroatoms. The number of benzene rings is 1. The van der Waals surface area contributed by atoms with E-state index in [0.29, 0.717) is 6.54 Å². The number of hydrogen-bond donors (Lipinski definition) is 1. The normalized spacial score (nSPS) is 15.6. The minimum atomic E-state index is -0.638. The average Bonchev–Trinajstić information content (AvgIpc) is 3.18. The van der Waals surface area contributed by atoms with Crippen molar-refractivity contribution in [3.8, 4) is 5.75 Å². The number of ether oxygens (including phenoxy) is 2. The number of nitrogens with one attached hydrogen (secondary N) is 1. The lowest BCUT2D eigenvalue weighted by atomic mass is 10.1. The molecule has 1 aliphatic rings. The van der Waals surface area contributed by atoms with E-state index in [1.165, 1.54) is 18.1 Å². The number of nitrogens with zero attached hydrogens (tertiary/aromatic N) is 3. The highest BCUT2D eigenvalue weighted by atomic mass is 16.5. The zero-order valence-corrected chi connectivity index (χ0v) is 12.6. The Morgan fingerprint density at radius 2 is 2.26 bits per heavy atom. The predicted molar refractivity (Wildman–Crippen MR) is 78.9 cm³/mol. The minimum absolute atomic E-state index is 0.0241. The second kappa shape index (κ2) is 6.47. The zero-order chi connectivity index (χ0) is 16.2. The van der Waals surface area contributed by atoms with Crippen molar-refractivity contribution in [3.63, 3.8) is 0 Å². The Balaban J connectivity index is 1.47. The van der Waals surface area contributed by atoms with Gasteiger partial charge < -0.3 is 14.8 Å². The molecule has 0 spiro atoms. The molecule has 0 radical (unpaired) electrons. The molecular formula is C15H16N4O4. The van der Waals surface area contributed by atoms with Gasteiger partial charge in [-0.15, -0.1) is 5.10 Å². The van der Waals surface area contributed by atoms with Gasteiger partial charge >= 0.3 is 5.97 Å².